The van der Waals surface area contributed by atoms with Crippen molar-refractivity contribution < 1.29 is 0 Å². The predicted molar refractivity (Wildman–Crippen MR) is 71.1 cm³/mol. The highest BCUT2D eigenvalue weighted by atomic mass is 79.9. The molecular weight excluding hydrogens is 340 g/mol. The molecule has 5 heteroatoms. The molecule has 0 spiro atoms. The van der Waals surface area contributed by atoms with Gasteiger partial charge < -0.3 is 4.98 Å². The van der Waals surface area contributed by atoms with E-state index >= 15 is 0 Å². The Morgan fingerprint density at radius 1 is 1.27 bits per heavy atom. The second-order valence-corrected chi connectivity index (χ2v) is 5.24. The molecule has 2 aromatic rings. The maximum atomic E-state index is 5.24. The Morgan fingerprint density at radius 3 is 2.33 bits per heavy atom. The summed E-state index contributed by atoms with van der Waals surface area (Å²) in [5.74, 6) is 0. The molecule has 0 atom stereocenters. The van der Waals surface area contributed by atoms with Crippen LogP contribution in [0.25, 0.3) is 5.69 Å². The molecule has 0 unspecified atom stereocenters. The van der Waals surface area contributed by atoms with Gasteiger partial charge in [0.15, 0.2) is 4.77 Å². The van der Waals surface area contributed by atoms with Crippen molar-refractivity contribution in [3.8, 4) is 5.69 Å². The Balaban J connectivity index is 2.80. The van der Waals surface area contributed by atoms with Crippen LogP contribution in [-0.2, 0) is 0 Å². The highest BCUT2D eigenvalue weighted by molar-refractivity contribution is 9.11. The van der Waals surface area contributed by atoms with Gasteiger partial charge in [-0.1, -0.05) is 6.07 Å². The molecule has 78 valence electrons. The Hall–Kier alpha value is -0.390. The summed E-state index contributed by atoms with van der Waals surface area (Å²) in [7, 11) is 0. The van der Waals surface area contributed by atoms with E-state index in [0.717, 1.165) is 20.3 Å². The van der Waals surface area contributed by atoms with Crippen LogP contribution in [0.1, 0.15) is 5.69 Å². The Kier molecular flexibility index (Phi) is 3.13. The average Bonchev–Trinajstić information content (AvgIpc) is 2.49. The number of halogens is 2. The lowest BCUT2D eigenvalue weighted by atomic mass is 10.3. The number of aromatic nitrogens is 2. The smallest absolute Gasteiger partial charge is 0.182 e. The fourth-order valence-corrected chi connectivity index (χ4v) is 3.08. The van der Waals surface area contributed by atoms with Gasteiger partial charge >= 0.3 is 0 Å². The minimum atomic E-state index is 0.695. The molecule has 0 aliphatic rings. The van der Waals surface area contributed by atoms with Crippen LogP contribution in [0.4, 0.5) is 0 Å². The molecule has 1 aromatic carbocycles. The molecule has 1 N–H and O–H groups in total. The van der Waals surface area contributed by atoms with E-state index in [1.54, 1.807) is 0 Å². The van der Waals surface area contributed by atoms with E-state index in [1.807, 2.05) is 35.9 Å². The zero-order chi connectivity index (χ0) is 11.0. The van der Waals surface area contributed by atoms with Crippen molar-refractivity contribution in [3.05, 3.63) is 43.8 Å². The van der Waals surface area contributed by atoms with Crippen molar-refractivity contribution in [3.63, 3.8) is 0 Å². The fourth-order valence-electron chi connectivity index (χ4n) is 1.44. The first-order chi connectivity index (χ1) is 7.11. The van der Waals surface area contributed by atoms with Crippen LogP contribution in [0.3, 0.4) is 0 Å². The molecule has 0 fully saturated rings. The third-order valence-corrected chi connectivity index (χ3v) is 3.70. The van der Waals surface area contributed by atoms with Crippen LogP contribution in [0.5, 0.6) is 0 Å². The predicted octanol–water partition coefficient (Wildman–Crippen LogP) is 4.37. The number of para-hydroxylation sites is 1. The molecule has 0 saturated heterocycles. The summed E-state index contributed by atoms with van der Waals surface area (Å²) < 4.78 is 4.70. The molecule has 1 aromatic heterocycles. The fraction of sp³-hybridized carbons (Fsp3) is 0.100. The molecule has 0 aliphatic heterocycles. The maximum absolute atomic E-state index is 5.24. The topological polar surface area (TPSA) is 20.7 Å². The largest absolute Gasteiger partial charge is 0.337 e. The van der Waals surface area contributed by atoms with Gasteiger partial charge in [0, 0.05) is 20.8 Å². The first kappa shape index (κ1) is 11.1. The second-order valence-electron chi connectivity index (χ2n) is 3.14. The Bertz CT molecular complexity index is 537. The monoisotopic (exact) mass is 346 g/mol. The van der Waals surface area contributed by atoms with Crippen LogP contribution in [0.2, 0.25) is 0 Å². The lowest BCUT2D eigenvalue weighted by Crippen LogP contribution is -1.98. The van der Waals surface area contributed by atoms with E-state index in [4.69, 9.17) is 12.2 Å². The van der Waals surface area contributed by atoms with Crippen molar-refractivity contribution in [2.45, 2.75) is 6.92 Å². The highest BCUT2D eigenvalue weighted by Gasteiger charge is 2.09. The number of nitrogens with one attached hydrogen (secondary N) is 1. The zero-order valence-electron chi connectivity index (χ0n) is 7.92. The second kappa shape index (κ2) is 4.23. The van der Waals surface area contributed by atoms with Crippen LogP contribution < -0.4 is 0 Å². The van der Waals surface area contributed by atoms with Gasteiger partial charge in [0.1, 0.15) is 0 Å². The van der Waals surface area contributed by atoms with Gasteiger partial charge in [0.25, 0.3) is 0 Å². The van der Waals surface area contributed by atoms with E-state index in [-0.39, 0.29) is 0 Å². The molecule has 15 heavy (non-hydrogen) atoms. The van der Waals surface area contributed by atoms with Gasteiger partial charge in [-0.3, -0.25) is 4.57 Å². The number of hydrogen-bond donors (Lipinski definition) is 1. The SMILES string of the molecule is Cc1c[nH]c(=S)n1-c1c(Br)cccc1Br. The van der Waals surface area contributed by atoms with Gasteiger partial charge in [0.2, 0.25) is 0 Å². The van der Waals surface area contributed by atoms with Crippen molar-refractivity contribution >= 4 is 44.1 Å². The quantitative estimate of drug-likeness (QED) is 0.760. The molecule has 0 bridgehead atoms. The molecule has 0 amide bonds. The molecule has 0 saturated carbocycles. The summed E-state index contributed by atoms with van der Waals surface area (Å²) in [6.45, 7) is 2.01. The van der Waals surface area contributed by atoms with E-state index in [1.165, 1.54) is 0 Å². The molecule has 1 heterocycles. The maximum Gasteiger partial charge on any atom is 0.182 e. The van der Waals surface area contributed by atoms with Crippen LogP contribution in [0.15, 0.2) is 33.3 Å². The van der Waals surface area contributed by atoms with Gasteiger partial charge in [0.05, 0.1) is 5.69 Å². The first-order valence-corrected chi connectivity index (χ1v) is 6.32. The summed E-state index contributed by atoms with van der Waals surface area (Å²) in [5, 5.41) is 0. The Labute approximate surface area is 110 Å². The number of aryl methyl sites for hydroxylation is 1. The number of hydrogen-bond acceptors (Lipinski definition) is 1. The number of aromatic amines is 1. The minimum Gasteiger partial charge on any atom is -0.337 e. The summed E-state index contributed by atoms with van der Waals surface area (Å²) in [4.78, 5) is 3.03. The summed E-state index contributed by atoms with van der Waals surface area (Å²) >= 11 is 12.3. The highest BCUT2D eigenvalue weighted by Crippen LogP contribution is 2.30. The van der Waals surface area contributed by atoms with Crippen molar-refractivity contribution in [2.24, 2.45) is 0 Å². The van der Waals surface area contributed by atoms with Gasteiger partial charge in [-0.05, 0) is 63.1 Å². The van der Waals surface area contributed by atoms with Crippen molar-refractivity contribution in [1.82, 2.24) is 9.55 Å². The molecule has 2 rings (SSSR count). The minimum absolute atomic E-state index is 0.695. The first-order valence-electron chi connectivity index (χ1n) is 4.32. The molecule has 0 aliphatic carbocycles. The van der Waals surface area contributed by atoms with E-state index in [2.05, 4.69) is 36.8 Å². The van der Waals surface area contributed by atoms with E-state index in [9.17, 15) is 0 Å². The van der Waals surface area contributed by atoms with E-state index < -0.39 is 0 Å². The summed E-state index contributed by atoms with van der Waals surface area (Å²) in [5.41, 5.74) is 2.11. The molecular formula is C10H8Br2N2S. The number of imidazole rings is 1. The van der Waals surface area contributed by atoms with Crippen molar-refractivity contribution in [2.75, 3.05) is 0 Å². The van der Waals surface area contributed by atoms with E-state index in [0.29, 0.717) is 4.77 Å². The molecule has 2 nitrogen and oxygen atoms in total. The van der Waals surface area contributed by atoms with Crippen LogP contribution in [0, 0.1) is 11.7 Å². The number of benzene rings is 1. The van der Waals surface area contributed by atoms with Gasteiger partial charge in [-0.15, -0.1) is 0 Å². The van der Waals surface area contributed by atoms with Gasteiger partial charge in [-0.2, -0.15) is 0 Å². The third kappa shape index (κ3) is 1.96. The molecule has 0 radical (unpaired) electrons. The average molecular weight is 348 g/mol. The lowest BCUT2D eigenvalue weighted by Gasteiger charge is -2.09. The van der Waals surface area contributed by atoms with Crippen LogP contribution in [-0.4, -0.2) is 9.55 Å². The summed E-state index contributed by atoms with van der Waals surface area (Å²) in [6, 6.07) is 5.96. The number of rotatable bonds is 1. The van der Waals surface area contributed by atoms with Crippen molar-refractivity contribution in [1.29, 1.82) is 0 Å². The number of H-pyrrole nitrogens is 1. The van der Waals surface area contributed by atoms with Crippen LogP contribution >= 0.6 is 44.1 Å². The standard InChI is InChI=1S/C10H8Br2N2S/c1-6-5-13-10(15)14(6)9-7(11)3-2-4-8(9)12/h2-5H,1H3,(H,13,15). The zero-order valence-corrected chi connectivity index (χ0v) is 11.9. The Morgan fingerprint density at radius 2 is 1.87 bits per heavy atom. The summed E-state index contributed by atoms with van der Waals surface area (Å²) in [6.07, 6.45) is 1.90. The normalized spacial score (nSPS) is 10.6. The van der Waals surface area contributed by atoms with Gasteiger partial charge in [-0.25, -0.2) is 0 Å². The number of nitrogens with zero attached hydrogens (tertiary/aromatic N) is 1. The lowest BCUT2D eigenvalue weighted by molar-refractivity contribution is 0.973. The third-order valence-electron chi connectivity index (χ3n) is 2.12.